The van der Waals surface area contributed by atoms with Gasteiger partial charge in [-0.3, -0.25) is 4.21 Å². The maximum atomic E-state index is 12.6. The summed E-state index contributed by atoms with van der Waals surface area (Å²) in [6.07, 6.45) is 3.65. The fraction of sp³-hybridized carbons (Fsp3) is 0.571. The van der Waals surface area contributed by atoms with Crippen molar-refractivity contribution in [2.45, 2.75) is 41.7 Å². The van der Waals surface area contributed by atoms with Crippen LogP contribution in [0.25, 0.3) is 0 Å². The van der Waals surface area contributed by atoms with Crippen LogP contribution in [0.2, 0.25) is 0 Å². The summed E-state index contributed by atoms with van der Waals surface area (Å²) in [5, 5.41) is 0.300. The van der Waals surface area contributed by atoms with E-state index in [9.17, 15) is 4.21 Å². The molecule has 2 aliphatic carbocycles. The molecule has 0 aromatic heterocycles. The summed E-state index contributed by atoms with van der Waals surface area (Å²) in [5.41, 5.74) is 1.21. The molecule has 17 heavy (non-hydrogen) atoms. The average molecular weight is 269 g/mol. The van der Waals surface area contributed by atoms with Gasteiger partial charge in [0.1, 0.15) is 0 Å². The monoisotopic (exact) mass is 268 g/mol. The Balaban J connectivity index is 1.85. The molecule has 92 valence electrons. The van der Waals surface area contributed by atoms with Crippen LogP contribution in [0.3, 0.4) is 0 Å². The molecular weight excluding hydrogens is 252 g/mol. The van der Waals surface area contributed by atoms with Gasteiger partial charge in [0, 0.05) is 4.90 Å². The smallest absolute Gasteiger partial charge is 0.0589 e. The topological polar surface area (TPSA) is 17.1 Å². The number of aryl methyl sites for hydroxylation is 1. The van der Waals surface area contributed by atoms with Crippen molar-refractivity contribution in [2.75, 3.05) is 0 Å². The quantitative estimate of drug-likeness (QED) is 0.751. The summed E-state index contributed by atoms with van der Waals surface area (Å²) < 4.78 is 12.6. The van der Waals surface area contributed by atoms with Crippen molar-refractivity contribution in [3.05, 3.63) is 29.8 Å². The van der Waals surface area contributed by atoms with Gasteiger partial charge in [-0.05, 0) is 50.2 Å². The predicted octanol–water partition coefficient (Wildman–Crippen LogP) is 3.51. The van der Waals surface area contributed by atoms with Gasteiger partial charge >= 0.3 is 0 Å². The Morgan fingerprint density at radius 2 is 1.82 bits per heavy atom. The first-order valence-electron chi connectivity index (χ1n) is 6.28. The zero-order valence-corrected chi connectivity index (χ0v) is 11.5. The van der Waals surface area contributed by atoms with Crippen LogP contribution in [0.5, 0.6) is 0 Å². The van der Waals surface area contributed by atoms with E-state index in [-0.39, 0.29) is 10.6 Å². The van der Waals surface area contributed by atoms with Crippen molar-refractivity contribution in [3.63, 3.8) is 0 Å². The van der Waals surface area contributed by atoms with E-state index >= 15 is 0 Å². The highest BCUT2D eigenvalue weighted by atomic mass is 35.5. The van der Waals surface area contributed by atoms with Gasteiger partial charge < -0.3 is 0 Å². The van der Waals surface area contributed by atoms with E-state index in [4.69, 9.17) is 11.6 Å². The Morgan fingerprint density at radius 1 is 1.18 bits per heavy atom. The van der Waals surface area contributed by atoms with Crippen molar-refractivity contribution < 1.29 is 4.21 Å². The highest BCUT2D eigenvalue weighted by Gasteiger charge is 2.49. The first kappa shape index (κ1) is 11.7. The van der Waals surface area contributed by atoms with E-state index in [0.717, 1.165) is 4.90 Å². The number of benzene rings is 1. The van der Waals surface area contributed by atoms with Crippen molar-refractivity contribution >= 4 is 22.4 Å². The fourth-order valence-electron chi connectivity index (χ4n) is 3.29. The lowest BCUT2D eigenvalue weighted by Gasteiger charge is -2.25. The van der Waals surface area contributed by atoms with E-state index in [2.05, 4.69) is 6.92 Å². The van der Waals surface area contributed by atoms with Crippen molar-refractivity contribution in [1.82, 2.24) is 0 Å². The van der Waals surface area contributed by atoms with Gasteiger partial charge in [0.15, 0.2) is 0 Å². The summed E-state index contributed by atoms with van der Waals surface area (Å²) >= 11 is 6.46. The van der Waals surface area contributed by atoms with Crippen molar-refractivity contribution in [2.24, 2.45) is 11.8 Å². The summed E-state index contributed by atoms with van der Waals surface area (Å²) in [6, 6.07) is 8.04. The molecule has 2 fully saturated rings. The van der Waals surface area contributed by atoms with Crippen LogP contribution >= 0.6 is 11.6 Å². The lowest BCUT2D eigenvalue weighted by atomic mass is 10.00. The normalized spacial score (nSPS) is 37.3. The fourth-order valence-corrected chi connectivity index (χ4v) is 5.78. The largest absolute Gasteiger partial charge is 0.254 e. The lowest BCUT2D eigenvalue weighted by Crippen LogP contribution is -2.32. The lowest BCUT2D eigenvalue weighted by molar-refractivity contribution is 0.488. The third kappa shape index (κ3) is 1.96. The highest BCUT2D eigenvalue weighted by molar-refractivity contribution is 7.85. The van der Waals surface area contributed by atoms with E-state index < -0.39 is 10.8 Å². The molecule has 5 atom stereocenters. The standard InChI is InChI=1S/C14H17ClOS/c1-9-2-6-12(7-3-9)17(16)14-11-5-4-10(8-11)13(14)15/h2-3,6-7,10-11,13-14H,4-5,8H2,1H3/t10-,11-,13+,14-,17-/m0/s1. The second-order valence-corrected chi connectivity index (χ2v) is 7.47. The number of fused-ring (bicyclic) bond motifs is 2. The number of halogens is 1. The Labute approximate surface area is 110 Å². The maximum Gasteiger partial charge on any atom is 0.0589 e. The van der Waals surface area contributed by atoms with Crippen LogP contribution in [0, 0.1) is 18.8 Å². The van der Waals surface area contributed by atoms with Crippen LogP contribution in [-0.4, -0.2) is 14.8 Å². The highest BCUT2D eigenvalue weighted by Crippen LogP contribution is 2.50. The Bertz CT molecular complexity index is 440. The van der Waals surface area contributed by atoms with E-state index in [0.29, 0.717) is 11.8 Å². The molecular formula is C14H17ClOS. The minimum absolute atomic E-state index is 0.121. The molecule has 0 heterocycles. The van der Waals surface area contributed by atoms with Gasteiger partial charge in [-0.15, -0.1) is 11.6 Å². The van der Waals surface area contributed by atoms with Crippen LogP contribution in [-0.2, 0) is 10.8 Å². The summed E-state index contributed by atoms with van der Waals surface area (Å²) in [6.45, 7) is 2.05. The molecule has 0 aliphatic heterocycles. The second-order valence-electron chi connectivity index (χ2n) is 5.35. The van der Waals surface area contributed by atoms with E-state index in [1.165, 1.54) is 24.8 Å². The molecule has 3 rings (SSSR count). The molecule has 0 unspecified atom stereocenters. The summed E-state index contributed by atoms with van der Waals surface area (Å²) in [7, 11) is -0.929. The molecule has 1 aromatic rings. The molecule has 0 radical (unpaired) electrons. The van der Waals surface area contributed by atoms with Gasteiger partial charge in [-0.1, -0.05) is 17.7 Å². The van der Waals surface area contributed by atoms with Crippen LogP contribution in [0.15, 0.2) is 29.2 Å². The van der Waals surface area contributed by atoms with Gasteiger partial charge in [0.25, 0.3) is 0 Å². The number of rotatable bonds is 2. The third-order valence-corrected chi connectivity index (χ3v) is 6.93. The van der Waals surface area contributed by atoms with Gasteiger partial charge in [-0.25, -0.2) is 0 Å². The Hall–Kier alpha value is -0.340. The molecule has 0 amide bonds. The van der Waals surface area contributed by atoms with Gasteiger partial charge in [-0.2, -0.15) is 0 Å². The minimum Gasteiger partial charge on any atom is -0.254 e. The number of alkyl halides is 1. The van der Waals surface area contributed by atoms with E-state index in [1.807, 2.05) is 24.3 Å². The molecule has 0 saturated heterocycles. The predicted molar refractivity (Wildman–Crippen MR) is 71.8 cm³/mol. The van der Waals surface area contributed by atoms with Crippen LogP contribution < -0.4 is 0 Å². The number of hydrogen-bond acceptors (Lipinski definition) is 1. The number of hydrogen-bond donors (Lipinski definition) is 0. The molecule has 1 nitrogen and oxygen atoms in total. The maximum absolute atomic E-state index is 12.6. The summed E-state index contributed by atoms with van der Waals surface area (Å²) in [5.74, 6) is 1.20. The van der Waals surface area contributed by atoms with Crippen LogP contribution in [0.1, 0.15) is 24.8 Å². The summed E-state index contributed by atoms with van der Waals surface area (Å²) in [4.78, 5) is 0.943. The Morgan fingerprint density at radius 3 is 2.41 bits per heavy atom. The Kier molecular flexibility index (Phi) is 3.04. The van der Waals surface area contributed by atoms with Crippen molar-refractivity contribution in [1.29, 1.82) is 0 Å². The molecule has 0 spiro atoms. The average Bonchev–Trinajstić information content (AvgIpc) is 2.89. The van der Waals surface area contributed by atoms with Gasteiger partial charge in [0.05, 0.1) is 21.4 Å². The second kappa shape index (κ2) is 4.40. The van der Waals surface area contributed by atoms with Crippen LogP contribution in [0.4, 0.5) is 0 Å². The first-order valence-corrected chi connectivity index (χ1v) is 7.93. The molecule has 2 aliphatic rings. The zero-order valence-electron chi connectivity index (χ0n) is 9.93. The zero-order chi connectivity index (χ0) is 12.0. The van der Waals surface area contributed by atoms with E-state index in [1.54, 1.807) is 0 Å². The molecule has 0 N–H and O–H groups in total. The minimum atomic E-state index is -0.929. The van der Waals surface area contributed by atoms with Gasteiger partial charge in [0.2, 0.25) is 0 Å². The molecule has 2 saturated carbocycles. The molecule has 3 heteroatoms. The van der Waals surface area contributed by atoms with Crippen molar-refractivity contribution in [3.8, 4) is 0 Å². The third-order valence-electron chi connectivity index (χ3n) is 4.24. The molecule has 2 bridgehead atoms. The SMILES string of the molecule is Cc1ccc([S@](=O)[C@H]2[C@H]3CC[C@@H](C3)[C@H]2Cl)cc1. The molecule has 1 aromatic carbocycles. The first-order chi connectivity index (χ1) is 8.16.